The Kier molecular flexibility index (Phi) is 9.00. The summed E-state index contributed by atoms with van der Waals surface area (Å²) in [7, 11) is -3.98. The van der Waals surface area contributed by atoms with Crippen LogP contribution in [0.3, 0.4) is 0 Å². The molecule has 0 saturated carbocycles. The third-order valence-corrected chi connectivity index (χ3v) is 7.51. The average molecular weight is 494 g/mol. The molecule has 0 aromatic heterocycles. The van der Waals surface area contributed by atoms with Crippen molar-refractivity contribution in [1.29, 1.82) is 0 Å². The highest BCUT2D eigenvalue weighted by atomic mass is 35.5. The standard InChI is InChI=1S/C24H32ClN3O4S/c1-3-5-14-28-15-12-19(13-16-28)26-24(29)18-6-11-22(25)23(17-18)33(30,31)27-20-7-9-21(10-8-20)32-4-2/h6-11,17,19,27H,3-5,12-16H2,1-2H3,(H,26,29). The number of benzene rings is 2. The molecule has 7 nitrogen and oxygen atoms in total. The number of amides is 1. The van der Waals surface area contributed by atoms with Crippen molar-refractivity contribution in [3.8, 4) is 5.75 Å². The predicted octanol–water partition coefficient (Wildman–Crippen LogP) is 4.53. The smallest absolute Gasteiger partial charge is 0.263 e. The summed E-state index contributed by atoms with van der Waals surface area (Å²) in [5.74, 6) is 0.351. The van der Waals surface area contributed by atoms with Crippen LogP contribution < -0.4 is 14.8 Å². The Morgan fingerprint density at radius 2 is 1.82 bits per heavy atom. The maximum Gasteiger partial charge on any atom is 0.263 e. The summed E-state index contributed by atoms with van der Waals surface area (Å²) in [6.07, 6.45) is 4.12. The number of anilines is 1. The molecule has 1 fully saturated rings. The number of hydrogen-bond acceptors (Lipinski definition) is 5. The molecule has 0 atom stereocenters. The van der Waals surface area contributed by atoms with Gasteiger partial charge in [-0.3, -0.25) is 9.52 Å². The van der Waals surface area contributed by atoms with Crippen molar-refractivity contribution in [1.82, 2.24) is 10.2 Å². The second kappa shape index (κ2) is 11.7. The predicted molar refractivity (Wildman–Crippen MR) is 132 cm³/mol. The first-order chi connectivity index (χ1) is 15.8. The first-order valence-corrected chi connectivity index (χ1v) is 13.3. The van der Waals surface area contributed by atoms with Crippen LogP contribution in [0.2, 0.25) is 5.02 Å². The number of carbonyl (C=O) groups is 1. The van der Waals surface area contributed by atoms with Gasteiger partial charge in [0.2, 0.25) is 0 Å². The summed E-state index contributed by atoms with van der Waals surface area (Å²) < 4.78 is 33.8. The van der Waals surface area contributed by atoms with E-state index < -0.39 is 10.0 Å². The molecule has 0 aliphatic carbocycles. The van der Waals surface area contributed by atoms with Crippen LogP contribution in [0, 0.1) is 0 Å². The fourth-order valence-corrected chi connectivity index (χ4v) is 5.38. The lowest BCUT2D eigenvalue weighted by molar-refractivity contribution is 0.0910. The normalized spacial score (nSPS) is 15.2. The number of likely N-dealkylation sites (tertiary alicyclic amines) is 1. The topological polar surface area (TPSA) is 87.7 Å². The fraction of sp³-hybridized carbons (Fsp3) is 0.458. The molecule has 1 aliphatic heterocycles. The van der Waals surface area contributed by atoms with Crippen molar-refractivity contribution in [2.24, 2.45) is 0 Å². The maximum atomic E-state index is 13.0. The second-order valence-electron chi connectivity index (χ2n) is 8.15. The molecule has 1 aliphatic rings. The van der Waals surface area contributed by atoms with Crippen LogP contribution in [-0.2, 0) is 10.0 Å². The van der Waals surface area contributed by atoms with Gasteiger partial charge in [-0.15, -0.1) is 0 Å². The van der Waals surface area contributed by atoms with E-state index in [1.807, 2.05) is 6.92 Å². The number of carbonyl (C=O) groups excluding carboxylic acids is 1. The molecule has 2 aromatic rings. The van der Waals surface area contributed by atoms with Gasteiger partial charge in [0.15, 0.2) is 0 Å². The van der Waals surface area contributed by atoms with Crippen molar-refractivity contribution in [2.45, 2.75) is 50.5 Å². The van der Waals surface area contributed by atoms with Crippen molar-refractivity contribution < 1.29 is 17.9 Å². The minimum absolute atomic E-state index is 0.0502. The Labute approximate surface area is 201 Å². The number of halogens is 1. The van der Waals surface area contributed by atoms with Gasteiger partial charge >= 0.3 is 0 Å². The number of hydrogen-bond donors (Lipinski definition) is 2. The Hall–Kier alpha value is -2.29. The van der Waals surface area contributed by atoms with Crippen LogP contribution in [-0.4, -0.2) is 51.5 Å². The SMILES string of the molecule is CCCCN1CCC(NC(=O)c2ccc(Cl)c(S(=O)(=O)Nc3ccc(OCC)cc3)c2)CC1. The van der Waals surface area contributed by atoms with Crippen LogP contribution in [0.4, 0.5) is 5.69 Å². The molecule has 1 amide bonds. The van der Waals surface area contributed by atoms with E-state index in [1.165, 1.54) is 25.0 Å². The van der Waals surface area contributed by atoms with Gasteiger partial charge in [-0.25, -0.2) is 8.42 Å². The van der Waals surface area contributed by atoms with Crippen LogP contribution in [0.25, 0.3) is 0 Å². The summed E-state index contributed by atoms with van der Waals surface area (Å²) in [4.78, 5) is 15.1. The summed E-state index contributed by atoms with van der Waals surface area (Å²) in [6.45, 7) is 7.58. The summed E-state index contributed by atoms with van der Waals surface area (Å²) in [5, 5.41) is 3.09. The second-order valence-corrected chi connectivity index (χ2v) is 10.2. The zero-order valence-corrected chi connectivity index (χ0v) is 20.7. The zero-order chi connectivity index (χ0) is 23.8. The highest BCUT2D eigenvalue weighted by Crippen LogP contribution is 2.26. The zero-order valence-electron chi connectivity index (χ0n) is 19.1. The number of nitrogens with zero attached hydrogens (tertiary/aromatic N) is 1. The monoisotopic (exact) mass is 493 g/mol. The fourth-order valence-electron chi connectivity index (χ4n) is 3.80. The molecule has 33 heavy (non-hydrogen) atoms. The van der Waals surface area contributed by atoms with Gasteiger partial charge in [0, 0.05) is 30.4 Å². The highest BCUT2D eigenvalue weighted by Gasteiger charge is 2.23. The Bertz CT molecular complexity index is 1040. The highest BCUT2D eigenvalue weighted by molar-refractivity contribution is 7.92. The van der Waals surface area contributed by atoms with Crippen LogP contribution >= 0.6 is 11.6 Å². The number of rotatable bonds is 10. The van der Waals surface area contributed by atoms with Crippen molar-refractivity contribution in [3.63, 3.8) is 0 Å². The molecule has 3 rings (SSSR count). The van der Waals surface area contributed by atoms with Gasteiger partial charge < -0.3 is 15.0 Å². The number of piperidine rings is 1. The molecule has 1 heterocycles. The molecule has 1 saturated heterocycles. The first-order valence-electron chi connectivity index (χ1n) is 11.4. The van der Waals surface area contributed by atoms with Gasteiger partial charge in [0.25, 0.3) is 15.9 Å². The van der Waals surface area contributed by atoms with Gasteiger partial charge in [-0.1, -0.05) is 24.9 Å². The van der Waals surface area contributed by atoms with Gasteiger partial charge in [0.05, 0.1) is 11.6 Å². The molecule has 0 bridgehead atoms. The van der Waals surface area contributed by atoms with Crippen LogP contribution in [0.1, 0.15) is 49.9 Å². The number of unbranched alkanes of at least 4 members (excludes halogenated alkanes) is 1. The lowest BCUT2D eigenvalue weighted by atomic mass is 10.0. The summed E-state index contributed by atoms with van der Waals surface area (Å²) >= 11 is 6.19. The molecular weight excluding hydrogens is 462 g/mol. The van der Waals surface area contributed by atoms with Gasteiger partial charge in [-0.05, 0) is 75.2 Å². The van der Waals surface area contributed by atoms with Gasteiger partial charge in [0.1, 0.15) is 10.6 Å². The largest absolute Gasteiger partial charge is 0.494 e. The summed E-state index contributed by atoms with van der Waals surface area (Å²) in [6, 6.07) is 11.0. The van der Waals surface area contributed by atoms with E-state index >= 15 is 0 Å². The summed E-state index contributed by atoms with van der Waals surface area (Å²) in [5.41, 5.74) is 0.638. The maximum absolute atomic E-state index is 13.0. The van der Waals surface area contributed by atoms with Crippen molar-refractivity contribution in [3.05, 3.63) is 53.1 Å². The van der Waals surface area contributed by atoms with Gasteiger partial charge in [-0.2, -0.15) is 0 Å². The number of sulfonamides is 1. The number of ether oxygens (including phenoxy) is 1. The molecular formula is C24H32ClN3O4S. The molecule has 0 spiro atoms. The van der Waals surface area contributed by atoms with E-state index in [2.05, 4.69) is 21.9 Å². The lowest BCUT2D eigenvalue weighted by Gasteiger charge is -2.32. The minimum atomic E-state index is -3.98. The third-order valence-electron chi connectivity index (χ3n) is 5.65. The minimum Gasteiger partial charge on any atom is -0.494 e. The van der Waals surface area contributed by atoms with E-state index in [1.54, 1.807) is 30.3 Å². The van der Waals surface area contributed by atoms with Crippen molar-refractivity contribution >= 4 is 33.2 Å². The lowest BCUT2D eigenvalue weighted by Crippen LogP contribution is -2.44. The third kappa shape index (κ3) is 7.09. The molecule has 0 unspecified atom stereocenters. The molecule has 2 aromatic carbocycles. The van der Waals surface area contributed by atoms with Crippen LogP contribution in [0.15, 0.2) is 47.4 Å². The molecule has 180 valence electrons. The molecule has 0 radical (unpaired) electrons. The first kappa shape index (κ1) is 25.3. The quantitative estimate of drug-likeness (QED) is 0.507. The van der Waals surface area contributed by atoms with E-state index in [0.717, 1.165) is 32.5 Å². The van der Waals surface area contributed by atoms with Crippen molar-refractivity contribution in [2.75, 3.05) is 31.0 Å². The van der Waals surface area contributed by atoms with E-state index in [9.17, 15) is 13.2 Å². The molecule has 9 heteroatoms. The Balaban J connectivity index is 1.66. The molecule has 2 N–H and O–H groups in total. The Morgan fingerprint density at radius 3 is 2.45 bits per heavy atom. The number of nitrogens with one attached hydrogen (secondary N) is 2. The van der Waals surface area contributed by atoms with E-state index in [4.69, 9.17) is 16.3 Å². The van der Waals surface area contributed by atoms with Crippen LogP contribution in [0.5, 0.6) is 5.75 Å². The van der Waals surface area contributed by atoms with E-state index in [0.29, 0.717) is 18.0 Å². The average Bonchev–Trinajstić information content (AvgIpc) is 2.80. The Morgan fingerprint density at radius 1 is 1.12 bits per heavy atom. The van der Waals surface area contributed by atoms with E-state index in [-0.39, 0.29) is 27.4 Å².